The molecule has 138 valence electrons. The summed E-state index contributed by atoms with van der Waals surface area (Å²) < 4.78 is 4.94. The van der Waals surface area contributed by atoms with Crippen LogP contribution in [0.25, 0.3) is 11.0 Å². The van der Waals surface area contributed by atoms with Gasteiger partial charge >= 0.3 is 0 Å². The fraction of sp³-hybridized carbons (Fsp3) is 0.556. The lowest BCUT2D eigenvalue weighted by Gasteiger charge is -2.21. The molecule has 0 aliphatic carbocycles. The highest BCUT2D eigenvalue weighted by Crippen LogP contribution is 2.32. The molecule has 1 N–H and O–H groups in total. The monoisotopic (exact) mass is 357 g/mol. The Balaban J connectivity index is 1.54. The predicted molar refractivity (Wildman–Crippen MR) is 96.8 cm³/mol. The van der Waals surface area contributed by atoms with E-state index in [0.717, 1.165) is 31.6 Å². The van der Waals surface area contributed by atoms with Crippen molar-refractivity contribution in [1.29, 1.82) is 0 Å². The summed E-state index contributed by atoms with van der Waals surface area (Å²) in [6.45, 7) is 6.35. The molecule has 2 aliphatic rings. The number of hydrogen-bond acceptors (Lipinski definition) is 6. The first-order chi connectivity index (χ1) is 12.5. The fourth-order valence-electron chi connectivity index (χ4n) is 3.81. The summed E-state index contributed by atoms with van der Waals surface area (Å²) in [5.41, 5.74) is 2.77. The standard InChI is InChI=1S/C18H23N5O3/c1-11(2)23-10-12(9-15(23)24)18(25)19-13-5-6-14(22-7-3-4-8-22)17-16(13)20-26-21-17/h5-6,11-12H,3-4,7-10H2,1-2H3,(H,19,25). The molecule has 1 unspecified atom stereocenters. The number of nitrogens with zero attached hydrogens (tertiary/aromatic N) is 4. The van der Waals surface area contributed by atoms with Gasteiger partial charge in [0.15, 0.2) is 11.0 Å². The summed E-state index contributed by atoms with van der Waals surface area (Å²) >= 11 is 0. The van der Waals surface area contributed by atoms with Crippen LogP contribution in [0.3, 0.4) is 0 Å². The zero-order chi connectivity index (χ0) is 18.3. The maximum absolute atomic E-state index is 12.7. The number of amides is 2. The highest BCUT2D eigenvalue weighted by atomic mass is 16.6. The van der Waals surface area contributed by atoms with Gasteiger partial charge in [0.25, 0.3) is 0 Å². The molecule has 1 aromatic heterocycles. The van der Waals surface area contributed by atoms with Crippen molar-refractivity contribution in [3.05, 3.63) is 12.1 Å². The highest BCUT2D eigenvalue weighted by Gasteiger charge is 2.35. The maximum atomic E-state index is 12.7. The maximum Gasteiger partial charge on any atom is 0.229 e. The normalized spacial score (nSPS) is 20.6. The van der Waals surface area contributed by atoms with Gasteiger partial charge in [-0.2, -0.15) is 0 Å². The van der Waals surface area contributed by atoms with Gasteiger partial charge < -0.3 is 15.1 Å². The third-order valence-corrected chi connectivity index (χ3v) is 5.25. The van der Waals surface area contributed by atoms with E-state index in [1.807, 2.05) is 26.0 Å². The lowest BCUT2D eigenvalue weighted by atomic mass is 10.1. The van der Waals surface area contributed by atoms with Crippen molar-refractivity contribution in [2.75, 3.05) is 29.9 Å². The molecule has 4 rings (SSSR count). The van der Waals surface area contributed by atoms with Crippen molar-refractivity contribution in [2.45, 2.75) is 39.2 Å². The zero-order valence-electron chi connectivity index (χ0n) is 15.1. The Bertz CT molecular complexity index is 840. The SMILES string of the molecule is CC(C)N1CC(C(=O)Nc2ccc(N3CCCC3)c3nonc23)CC1=O. The molecule has 2 aromatic rings. The van der Waals surface area contributed by atoms with E-state index in [2.05, 4.69) is 20.5 Å². The molecule has 2 aliphatic heterocycles. The molecule has 8 heteroatoms. The van der Waals surface area contributed by atoms with Crippen molar-refractivity contribution in [2.24, 2.45) is 5.92 Å². The number of carbonyl (C=O) groups excluding carboxylic acids is 2. The summed E-state index contributed by atoms with van der Waals surface area (Å²) in [7, 11) is 0. The zero-order valence-corrected chi connectivity index (χ0v) is 15.1. The number of nitrogens with one attached hydrogen (secondary N) is 1. The summed E-state index contributed by atoms with van der Waals surface area (Å²) in [5.74, 6) is -0.490. The molecule has 2 amide bonds. The predicted octanol–water partition coefficient (Wildman–Crippen LogP) is 2.02. The van der Waals surface area contributed by atoms with Crippen LogP contribution in [-0.4, -0.2) is 52.7 Å². The van der Waals surface area contributed by atoms with Crippen molar-refractivity contribution >= 4 is 34.2 Å². The van der Waals surface area contributed by atoms with Crippen LogP contribution in [0, 0.1) is 5.92 Å². The van der Waals surface area contributed by atoms with Crippen LogP contribution in [0.15, 0.2) is 16.8 Å². The molecule has 1 atom stereocenters. The van der Waals surface area contributed by atoms with Crippen LogP contribution in [0.5, 0.6) is 0 Å². The summed E-state index contributed by atoms with van der Waals surface area (Å²) in [6.07, 6.45) is 2.57. The van der Waals surface area contributed by atoms with Gasteiger partial charge in [-0.3, -0.25) is 9.59 Å². The number of rotatable bonds is 4. The Hall–Kier alpha value is -2.64. The van der Waals surface area contributed by atoms with Gasteiger partial charge in [-0.05, 0) is 49.1 Å². The Kier molecular flexibility index (Phi) is 4.26. The van der Waals surface area contributed by atoms with E-state index in [9.17, 15) is 9.59 Å². The van der Waals surface area contributed by atoms with E-state index >= 15 is 0 Å². The number of likely N-dealkylation sites (tertiary alicyclic amines) is 1. The van der Waals surface area contributed by atoms with Crippen LogP contribution in [-0.2, 0) is 9.59 Å². The van der Waals surface area contributed by atoms with Crippen molar-refractivity contribution in [3.8, 4) is 0 Å². The van der Waals surface area contributed by atoms with Gasteiger partial charge in [-0.1, -0.05) is 0 Å². The number of benzene rings is 1. The Morgan fingerprint density at radius 2 is 1.96 bits per heavy atom. The van der Waals surface area contributed by atoms with Gasteiger partial charge in [-0.25, -0.2) is 4.63 Å². The second-order valence-electron chi connectivity index (χ2n) is 7.32. The van der Waals surface area contributed by atoms with Crippen LogP contribution in [0.2, 0.25) is 0 Å². The van der Waals surface area contributed by atoms with E-state index < -0.39 is 0 Å². The second kappa shape index (κ2) is 6.59. The van der Waals surface area contributed by atoms with Crippen LogP contribution >= 0.6 is 0 Å². The Morgan fingerprint density at radius 1 is 1.23 bits per heavy atom. The summed E-state index contributed by atoms with van der Waals surface area (Å²) in [5, 5.41) is 10.9. The molecular formula is C18H23N5O3. The quantitative estimate of drug-likeness (QED) is 0.900. The second-order valence-corrected chi connectivity index (χ2v) is 7.32. The number of anilines is 2. The van der Waals surface area contributed by atoms with Gasteiger partial charge in [0.1, 0.15) is 0 Å². The lowest BCUT2D eigenvalue weighted by molar-refractivity contribution is -0.129. The van der Waals surface area contributed by atoms with E-state index in [0.29, 0.717) is 23.3 Å². The van der Waals surface area contributed by atoms with Gasteiger partial charge in [0, 0.05) is 32.1 Å². The van der Waals surface area contributed by atoms with E-state index in [1.54, 1.807) is 4.90 Å². The van der Waals surface area contributed by atoms with Crippen LogP contribution < -0.4 is 10.2 Å². The molecule has 0 saturated carbocycles. The lowest BCUT2D eigenvalue weighted by Crippen LogP contribution is -2.33. The minimum absolute atomic E-state index is 0.0257. The van der Waals surface area contributed by atoms with Crippen molar-refractivity contribution < 1.29 is 14.2 Å². The third kappa shape index (κ3) is 2.89. The minimum atomic E-state index is -0.349. The van der Waals surface area contributed by atoms with Crippen molar-refractivity contribution in [1.82, 2.24) is 15.2 Å². The number of fused-ring (bicyclic) bond motifs is 1. The molecule has 0 bridgehead atoms. The first kappa shape index (κ1) is 16.8. The first-order valence-corrected chi connectivity index (χ1v) is 9.15. The van der Waals surface area contributed by atoms with Crippen LogP contribution in [0.1, 0.15) is 33.1 Å². The first-order valence-electron chi connectivity index (χ1n) is 9.15. The van der Waals surface area contributed by atoms with Crippen LogP contribution in [0.4, 0.5) is 11.4 Å². The van der Waals surface area contributed by atoms with Crippen molar-refractivity contribution in [3.63, 3.8) is 0 Å². The Labute approximate surface area is 151 Å². The van der Waals surface area contributed by atoms with E-state index in [1.165, 1.54) is 0 Å². The summed E-state index contributed by atoms with van der Waals surface area (Å²) in [4.78, 5) is 28.7. The van der Waals surface area contributed by atoms with E-state index in [-0.39, 0.29) is 30.2 Å². The molecule has 1 aromatic carbocycles. The Morgan fingerprint density at radius 3 is 2.65 bits per heavy atom. The summed E-state index contributed by atoms with van der Waals surface area (Å²) in [6, 6.07) is 3.90. The van der Waals surface area contributed by atoms with E-state index in [4.69, 9.17) is 4.63 Å². The molecule has 26 heavy (non-hydrogen) atoms. The molecule has 0 radical (unpaired) electrons. The largest absolute Gasteiger partial charge is 0.370 e. The average Bonchev–Trinajstić information content (AvgIpc) is 3.35. The third-order valence-electron chi connectivity index (χ3n) is 5.25. The number of aromatic nitrogens is 2. The average molecular weight is 357 g/mol. The molecular weight excluding hydrogens is 334 g/mol. The topological polar surface area (TPSA) is 91.6 Å². The molecule has 2 fully saturated rings. The minimum Gasteiger partial charge on any atom is -0.370 e. The fourth-order valence-corrected chi connectivity index (χ4v) is 3.81. The van der Waals surface area contributed by atoms with Gasteiger partial charge in [-0.15, -0.1) is 0 Å². The highest BCUT2D eigenvalue weighted by molar-refractivity contribution is 6.04. The molecule has 0 spiro atoms. The van der Waals surface area contributed by atoms with Gasteiger partial charge in [0.2, 0.25) is 11.8 Å². The molecule has 3 heterocycles. The molecule has 8 nitrogen and oxygen atoms in total. The number of hydrogen-bond donors (Lipinski definition) is 1. The smallest absolute Gasteiger partial charge is 0.229 e. The van der Waals surface area contributed by atoms with Gasteiger partial charge in [0.05, 0.1) is 17.3 Å². The molecule has 2 saturated heterocycles. The number of carbonyl (C=O) groups is 2.